The summed E-state index contributed by atoms with van der Waals surface area (Å²) >= 11 is 0. The van der Waals surface area contributed by atoms with E-state index in [0.29, 0.717) is 17.9 Å². The molecule has 1 aromatic carbocycles. The predicted octanol–water partition coefficient (Wildman–Crippen LogP) is 1.93. The minimum Gasteiger partial charge on any atom is -0.271 e. The number of sulfonamides is 1. The first-order valence-corrected chi connectivity index (χ1v) is 9.20. The summed E-state index contributed by atoms with van der Waals surface area (Å²) in [6.07, 6.45) is 8.16. The molecular weight excluding hydrogens is 338 g/mol. The van der Waals surface area contributed by atoms with Gasteiger partial charge in [0.1, 0.15) is 11.4 Å². The van der Waals surface area contributed by atoms with E-state index in [1.807, 2.05) is 36.4 Å². The minimum atomic E-state index is -3.49. The van der Waals surface area contributed by atoms with Gasteiger partial charge in [-0.25, -0.2) is 13.1 Å². The summed E-state index contributed by atoms with van der Waals surface area (Å²) in [5.74, 6) is 0. The summed E-state index contributed by atoms with van der Waals surface area (Å²) in [4.78, 5) is 8.18. The summed E-state index contributed by atoms with van der Waals surface area (Å²) in [7, 11) is -3.49. The molecule has 0 aliphatic rings. The van der Waals surface area contributed by atoms with Crippen LogP contribution in [-0.2, 0) is 16.6 Å². The molecule has 0 aliphatic carbocycles. The SMILES string of the molecule is O=S(=O)(/C=C/c1ccccc1)NCCn1ccc(-c2cnccn2)n1. The van der Waals surface area contributed by atoms with Gasteiger partial charge in [0, 0.05) is 30.5 Å². The minimum absolute atomic E-state index is 0.239. The van der Waals surface area contributed by atoms with Crippen molar-refractivity contribution in [2.24, 2.45) is 0 Å². The Morgan fingerprint density at radius 3 is 2.68 bits per heavy atom. The lowest BCUT2D eigenvalue weighted by molar-refractivity contribution is 0.568. The van der Waals surface area contributed by atoms with Crippen LogP contribution < -0.4 is 4.72 Å². The molecule has 0 bridgehead atoms. The lowest BCUT2D eigenvalue weighted by Crippen LogP contribution is -2.25. The highest BCUT2D eigenvalue weighted by Gasteiger charge is 2.06. The van der Waals surface area contributed by atoms with Gasteiger partial charge in [-0.15, -0.1) is 0 Å². The summed E-state index contributed by atoms with van der Waals surface area (Å²) in [5, 5.41) is 5.52. The number of rotatable bonds is 7. The van der Waals surface area contributed by atoms with Gasteiger partial charge >= 0.3 is 0 Å². The van der Waals surface area contributed by atoms with Gasteiger partial charge in [-0.1, -0.05) is 30.3 Å². The van der Waals surface area contributed by atoms with Crippen LogP contribution in [0.25, 0.3) is 17.5 Å². The zero-order chi connectivity index (χ0) is 17.5. The molecule has 2 heterocycles. The third kappa shape index (κ3) is 5.07. The number of aromatic nitrogens is 4. The van der Waals surface area contributed by atoms with E-state index in [4.69, 9.17) is 0 Å². The van der Waals surface area contributed by atoms with Crippen LogP contribution in [0.4, 0.5) is 0 Å². The molecule has 1 N–H and O–H groups in total. The highest BCUT2D eigenvalue weighted by atomic mass is 32.2. The van der Waals surface area contributed by atoms with E-state index in [0.717, 1.165) is 11.0 Å². The number of nitrogens with one attached hydrogen (secondary N) is 1. The van der Waals surface area contributed by atoms with Crippen molar-refractivity contribution in [3.8, 4) is 11.4 Å². The van der Waals surface area contributed by atoms with Gasteiger partial charge < -0.3 is 0 Å². The summed E-state index contributed by atoms with van der Waals surface area (Å²) in [6.45, 7) is 0.654. The monoisotopic (exact) mass is 355 g/mol. The first-order valence-electron chi connectivity index (χ1n) is 7.65. The molecule has 128 valence electrons. The summed E-state index contributed by atoms with van der Waals surface area (Å²) in [5.41, 5.74) is 2.20. The quantitative estimate of drug-likeness (QED) is 0.699. The van der Waals surface area contributed by atoms with Crippen LogP contribution in [0.1, 0.15) is 5.56 Å². The van der Waals surface area contributed by atoms with Crippen molar-refractivity contribution in [2.75, 3.05) is 6.54 Å². The van der Waals surface area contributed by atoms with E-state index >= 15 is 0 Å². The van der Waals surface area contributed by atoms with Crippen LogP contribution in [-0.4, -0.2) is 34.7 Å². The fourth-order valence-electron chi connectivity index (χ4n) is 2.14. The molecule has 0 atom stereocenters. The van der Waals surface area contributed by atoms with Gasteiger partial charge in [0.2, 0.25) is 10.0 Å². The Morgan fingerprint density at radius 1 is 1.08 bits per heavy atom. The molecule has 2 aromatic heterocycles. The molecule has 0 amide bonds. The fraction of sp³-hybridized carbons (Fsp3) is 0.118. The fourth-order valence-corrected chi connectivity index (χ4v) is 2.95. The van der Waals surface area contributed by atoms with Gasteiger partial charge in [-0.2, -0.15) is 5.10 Å². The Hall–Kier alpha value is -2.84. The van der Waals surface area contributed by atoms with Crippen molar-refractivity contribution in [2.45, 2.75) is 6.54 Å². The van der Waals surface area contributed by atoms with E-state index in [2.05, 4.69) is 19.8 Å². The lowest BCUT2D eigenvalue weighted by Gasteiger charge is -2.03. The molecule has 3 rings (SSSR count). The molecule has 0 saturated carbocycles. The zero-order valence-corrected chi connectivity index (χ0v) is 14.2. The third-order valence-corrected chi connectivity index (χ3v) is 4.45. The summed E-state index contributed by atoms with van der Waals surface area (Å²) < 4.78 is 28.1. The average Bonchev–Trinajstić information content (AvgIpc) is 3.11. The van der Waals surface area contributed by atoms with Gasteiger partial charge in [-0.3, -0.25) is 14.6 Å². The topological polar surface area (TPSA) is 89.8 Å². The molecule has 0 fully saturated rings. The van der Waals surface area contributed by atoms with Crippen LogP contribution >= 0.6 is 0 Å². The molecule has 0 aliphatic heterocycles. The number of benzene rings is 1. The van der Waals surface area contributed by atoms with Gasteiger partial charge in [0.15, 0.2) is 0 Å². The van der Waals surface area contributed by atoms with E-state index in [1.165, 1.54) is 0 Å². The lowest BCUT2D eigenvalue weighted by atomic mass is 10.2. The number of nitrogens with zero attached hydrogens (tertiary/aromatic N) is 4. The Balaban J connectivity index is 1.54. The maximum absolute atomic E-state index is 12.0. The molecule has 0 saturated heterocycles. The van der Waals surface area contributed by atoms with Crippen LogP contribution in [0.15, 0.2) is 66.6 Å². The standard InChI is InChI=1S/C17H17N5O2S/c23-25(24,13-7-15-4-2-1-3-5-15)20-10-12-22-11-6-16(21-22)17-14-18-8-9-19-17/h1-9,11,13-14,20H,10,12H2/b13-7+. The van der Waals surface area contributed by atoms with Crippen molar-refractivity contribution >= 4 is 16.1 Å². The normalized spacial score (nSPS) is 11.8. The maximum atomic E-state index is 12.0. The van der Waals surface area contributed by atoms with Crippen molar-refractivity contribution in [3.05, 3.63) is 72.2 Å². The second kappa shape index (κ2) is 7.82. The van der Waals surface area contributed by atoms with E-state index in [9.17, 15) is 8.42 Å². The second-order valence-electron chi connectivity index (χ2n) is 5.21. The Morgan fingerprint density at radius 2 is 1.92 bits per heavy atom. The van der Waals surface area contributed by atoms with Crippen molar-refractivity contribution in [1.82, 2.24) is 24.5 Å². The molecule has 3 aromatic rings. The van der Waals surface area contributed by atoms with Crippen molar-refractivity contribution < 1.29 is 8.42 Å². The second-order valence-corrected chi connectivity index (χ2v) is 6.86. The first kappa shape index (κ1) is 17.0. The van der Waals surface area contributed by atoms with Crippen molar-refractivity contribution in [3.63, 3.8) is 0 Å². The van der Waals surface area contributed by atoms with E-state index in [1.54, 1.807) is 35.5 Å². The molecule has 7 nitrogen and oxygen atoms in total. The van der Waals surface area contributed by atoms with Crippen LogP contribution in [0, 0.1) is 0 Å². The first-order chi connectivity index (χ1) is 12.1. The maximum Gasteiger partial charge on any atom is 0.233 e. The van der Waals surface area contributed by atoms with Crippen LogP contribution in [0.2, 0.25) is 0 Å². The van der Waals surface area contributed by atoms with Gasteiger partial charge in [0.05, 0.1) is 12.7 Å². The summed E-state index contributed by atoms with van der Waals surface area (Å²) in [6, 6.07) is 11.1. The van der Waals surface area contributed by atoms with E-state index < -0.39 is 10.0 Å². The molecule has 8 heteroatoms. The average molecular weight is 355 g/mol. The Bertz CT molecular complexity index is 937. The molecule has 0 radical (unpaired) electrons. The Kier molecular flexibility index (Phi) is 5.32. The third-order valence-electron chi connectivity index (χ3n) is 3.35. The molecule has 25 heavy (non-hydrogen) atoms. The van der Waals surface area contributed by atoms with Crippen LogP contribution in [0.5, 0.6) is 0 Å². The molecule has 0 spiro atoms. The highest BCUT2D eigenvalue weighted by Crippen LogP contribution is 2.11. The van der Waals surface area contributed by atoms with E-state index in [-0.39, 0.29) is 6.54 Å². The van der Waals surface area contributed by atoms with Gasteiger partial charge in [0.25, 0.3) is 0 Å². The highest BCUT2D eigenvalue weighted by molar-refractivity contribution is 7.92. The number of hydrogen-bond donors (Lipinski definition) is 1. The van der Waals surface area contributed by atoms with Crippen LogP contribution in [0.3, 0.4) is 0 Å². The largest absolute Gasteiger partial charge is 0.271 e. The van der Waals surface area contributed by atoms with Crippen molar-refractivity contribution in [1.29, 1.82) is 0 Å². The molecule has 0 unspecified atom stereocenters. The number of hydrogen-bond acceptors (Lipinski definition) is 5. The molecular formula is C17H17N5O2S. The smallest absolute Gasteiger partial charge is 0.233 e. The Labute approximate surface area is 146 Å². The van der Waals surface area contributed by atoms with Gasteiger partial charge in [-0.05, 0) is 17.7 Å². The predicted molar refractivity (Wildman–Crippen MR) is 95.7 cm³/mol. The zero-order valence-electron chi connectivity index (χ0n) is 13.4.